The van der Waals surface area contributed by atoms with E-state index < -0.39 is 5.43 Å². The molecule has 2 aromatic rings. The van der Waals surface area contributed by atoms with Gasteiger partial charge in [0.25, 0.3) is 0 Å². The molecule has 3 nitrogen and oxygen atoms in total. The zero-order valence-electron chi connectivity index (χ0n) is 9.17. The number of halogens is 1. The predicted octanol–water partition coefficient (Wildman–Crippen LogP) is 4.58. The van der Waals surface area contributed by atoms with Gasteiger partial charge in [-0.2, -0.15) is 5.06 Å². The standard InChI is InChI=1S/C13H8ClNO2S/c14-13(16)17-15-9-5-1-3-7-11(9)18-12-8-4-2-6-10(12)15/h1-8H. The monoisotopic (exact) mass is 277 g/mol. The van der Waals surface area contributed by atoms with Crippen LogP contribution >= 0.6 is 23.4 Å². The molecule has 0 unspecified atom stereocenters. The van der Waals surface area contributed by atoms with E-state index in [-0.39, 0.29) is 0 Å². The Balaban J connectivity index is 2.14. The Morgan fingerprint density at radius 1 is 1.00 bits per heavy atom. The molecule has 0 bridgehead atoms. The summed E-state index contributed by atoms with van der Waals surface area (Å²) in [5.41, 5.74) is 0.775. The second kappa shape index (κ2) is 4.55. The number of fused-ring (bicyclic) bond motifs is 2. The first-order valence-corrected chi connectivity index (χ1v) is 6.48. The average molecular weight is 278 g/mol. The summed E-state index contributed by atoms with van der Waals surface area (Å²) >= 11 is 6.97. The maximum atomic E-state index is 11.0. The molecule has 1 heterocycles. The Hall–Kier alpha value is -1.65. The van der Waals surface area contributed by atoms with Crippen LogP contribution in [0, 0.1) is 0 Å². The smallest absolute Gasteiger partial charge is 0.321 e. The van der Waals surface area contributed by atoms with Crippen molar-refractivity contribution in [3.8, 4) is 0 Å². The van der Waals surface area contributed by atoms with Crippen LogP contribution in [0.2, 0.25) is 0 Å². The fourth-order valence-electron chi connectivity index (χ4n) is 1.84. The number of carbonyl (C=O) groups is 1. The van der Waals surface area contributed by atoms with Gasteiger partial charge in [-0.15, -0.1) is 0 Å². The van der Waals surface area contributed by atoms with Gasteiger partial charge < -0.3 is 4.84 Å². The van der Waals surface area contributed by atoms with Crippen LogP contribution in [0.25, 0.3) is 0 Å². The summed E-state index contributed by atoms with van der Waals surface area (Å²) in [7, 11) is 0. The van der Waals surface area contributed by atoms with Crippen LogP contribution in [0.1, 0.15) is 0 Å². The number of hydrogen-bond acceptors (Lipinski definition) is 4. The van der Waals surface area contributed by atoms with Crippen LogP contribution in [-0.2, 0) is 4.84 Å². The van der Waals surface area contributed by atoms with E-state index in [1.165, 1.54) is 5.06 Å². The minimum Gasteiger partial charge on any atom is -0.321 e. The Morgan fingerprint density at radius 3 is 2.00 bits per heavy atom. The number of carbonyl (C=O) groups excluding carboxylic acids is 1. The molecule has 90 valence electrons. The third-order valence-corrected chi connectivity index (χ3v) is 3.75. The Bertz CT molecular complexity index is 572. The van der Waals surface area contributed by atoms with Gasteiger partial charge in [0, 0.05) is 21.4 Å². The molecule has 1 aliphatic rings. The number of hydrogen-bond donors (Lipinski definition) is 0. The first-order valence-electron chi connectivity index (χ1n) is 5.29. The molecule has 0 saturated carbocycles. The Morgan fingerprint density at radius 2 is 1.50 bits per heavy atom. The van der Waals surface area contributed by atoms with Crippen molar-refractivity contribution in [1.82, 2.24) is 0 Å². The minimum atomic E-state index is -0.855. The Kier molecular flexibility index (Phi) is 2.89. The highest BCUT2D eigenvalue weighted by atomic mass is 35.5. The van der Waals surface area contributed by atoms with Gasteiger partial charge in [-0.05, 0) is 24.3 Å². The molecule has 5 heteroatoms. The lowest BCUT2D eigenvalue weighted by Crippen LogP contribution is -2.22. The largest absolute Gasteiger partial charge is 0.428 e. The van der Waals surface area contributed by atoms with Gasteiger partial charge in [0.15, 0.2) is 0 Å². The molecule has 0 saturated heterocycles. The summed E-state index contributed by atoms with van der Waals surface area (Å²) in [4.78, 5) is 18.2. The topological polar surface area (TPSA) is 29.5 Å². The van der Waals surface area contributed by atoms with Crippen molar-refractivity contribution in [1.29, 1.82) is 0 Å². The number of benzene rings is 2. The summed E-state index contributed by atoms with van der Waals surface area (Å²) in [5.74, 6) is 0. The molecular weight excluding hydrogens is 270 g/mol. The van der Waals surface area contributed by atoms with Crippen LogP contribution in [0.5, 0.6) is 0 Å². The minimum absolute atomic E-state index is 0.815. The maximum absolute atomic E-state index is 11.0. The molecule has 0 aromatic heterocycles. The van der Waals surface area contributed by atoms with Crippen molar-refractivity contribution in [2.45, 2.75) is 9.79 Å². The lowest BCUT2D eigenvalue weighted by Gasteiger charge is -2.29. The van der Waals surface area contributed by atoms with Crippen molar-refractivity contribution in [3.63, 3.8) is 0 Å². The summed E-state index contributed by atoms with van der Waals surface area (Å²) in [6, 6.07) is 15.4. The first kappa shape index (κ1) is 11.4. The lowest BCUT2D eigenvalue weighted by atomic mass is 10.2. The normalized spacial score (nSPS) is 12.6. The molecular formula is C13H8ClNO2S. The fourth-order valence-corrected chi connectivity index (χ4v) is 2.95. The molecule has 1 aliphatic heterocycles. The van der Waals surface area contributed by atoms with Crippen molar-refractivity contribution in [2.24, 2.45) is 0 Å². The quantitative estimate of drug-likeness (QED) is 0.714. The van der Waals surface area contributed by atoms with Crippen LogP contribution in [0.15, 0.2) is 58.3 Å². The third-order valence-electron chi connectivity index (χ3n) is 2.55. The van der Waals surface area contributed by atoms with E-state index in [9.17, 15) is 4.79 Å². The number of anilines is 2. The van der Waals surface area contributed by atoms with Crippen LogP contribution in [0.4, 0.5) is 16.2 Å². The van der Waals surface area contributed by atoms with E-state index >= 15 is 0 Å². The molecule has 0 atom stereocenters. The van der Waals surface area contributed by atoms with Crippen molar-refractivity contribution >= 4 is 40.2 Å². The molecule has 0 fully saturated rings. The number of nitrogens with zero attached hydrogens (tertiary/aromatic N) is 1. The molecule has 0 amide bonds. The number of para-hydroxylation sites is 2. The summed E-state index contributed by atoms with van der Waals surface area (Å²) in [6.07, 6.45) is 0. The predicted molar refractivity (Wildman–Crippen MR) is 71.5 cm³/mol. The molecule has 18 heavy (non-hydrogen) atoms. The summed E-state index contributed by atoms with van der Waals surface area (Å²) in [6.45, 7) is 0. The number of rotatable bonds is 1. The molecule has 0 aliphatic carbocycles. The van der Waals surface area contributed by atoms with E-state index in [1.807, 2.05) is 48.5 Å². The van der Waals surface area contributed by atoms with Gasteiger partial charge >= 0.3 is 5.43 Å². The van der Waals surface area contributed by atoms with E-state index in [4.69, 9.17) is 16.4 Å². The van der Waals surface area contributed by atoms with Crippen molar-refractivity contribution in [2.75, 3.05) is 5.06 Å². The first-order chi connectivity index (χ1) is 8.75. The summed E-state index contributed by atoms with van der Waals surface area (Å²) in [5, 5.41) is 1.47. The van der Waals surface area contributed by atoms with E-state index in [1.54, 1.807) is 11.8 Å². The third kappa shape index (κ3) is 1.94. The van der Waals surface area contributed by atoms with Crippen LogP contribution in [0.3, 0.4) is 0 Å². The van der Waals surface area contributed by atoms with Gasteiger partial charge in [-0.25, -0.2) is 4.79 Å². The highest BCUT2D eigenvalue weighted by molar-refractivity contribution is 7.99. The van der Waals surface area contributed by atoms with Crippen LogP contribution in [-0.4, -0.2) is 5.43 Å². The van der Waals surface area contributed by atoms with Crippen LogP contribution < -0.4 is 5.06 Å². The molecule has 2 aromatic carbocycles. The van der Waals surface area contributed by atoms with Gasteiger partial charge in [-0.3, -0.25) is 0 Å². The second-order valence-corrected chi connectivity index (χ2v) is 5.05. The molecule has 0 N–H and O–H groups in total. The lowest BCUT2D eigenvalue weighted by molar-refractivity contribution is 0.173. The van der Waals surface area contributed by atoms with Gasteiger partial charge in [0.1, 0.15) is 0 Å². The van der Waals surface area contributed by atoms with Gasteiger partial charge in [0.2, 0.25) is 0 Å². The van der Waals surface area contributed by atoms with Gasteiger partial charge in [0.05, 0.1) is 11.4 Å². The molecule has 3 rings (SSSR count). The Labute approximate surface area is 113 Å². The van der Waals surface area contributed by atoms with Crippen molar-refractivity contribution in [3.05, 3.63) is 48.5 Å². The highest BCUT2D eigenvalue weighted by Gasteiger charge is 2.25. The molecule has 0 spiro atoms. The SMILES string of the molecule is O=C(Cl)ON1c2ccccc2Sc2ccccc21. The summed E-state index contributed by atoms with van der Waals surface area (Å²) < 4.78 is 0. The van der Waals surface area contributed by atoms with E-state index in [0.717, 1.165) is 21.2 Å². The second-order valence-electron chi connectivity index (χ2n) is 3.66. The fraction of sp³-hybridized carbons (Fsp3) is 0. The van der Waals surface area contributed by atoms with Crippen molar-refractivity contribution < 1.29 is 9.63 Å². The average Bonchev–Trinajstić information content (AvgIpc) is 2.38. The van der Waals surface area contributed by atoms with E-state index in [0.29, 0.717) is 0 Å². The zero-order chi connectivity index (χ0) is 12.5. The molecule has 0 radical (unpaired) electrons. The highest BCUT2D eigenvalue weighted by Crippen LogP contribution is 2.47. The van der Waals surface area contributed by atoms with Gasteiger partial charge in [-0.1, -0.05) is 36.0 Å². The zero-order valence-corrected chi connectivity index (χ0v) is 10.7. The maximum Gasteiger partial charge on any atom is 0.428 e. The van der Waals surface area contributed by atoms with E-state index in [2.05, 4.69) is 0 Å².